The topological polar surface area (TPSA) is 78.7 Å². The van der Waals surface area contributed by atoms with E-state index in [1.54, 1.807) is 11.3 Å². The highest BCUT2D eigenvalue weighted by molar-refractivity contribution is 7.17. The Morgan fingerprint density at radius 1 is 1.65 bits per heavy atom. The molecule has 2 aromatic heterocycles. The first kappa shape index (κ1) is 13.5. The highest BCUT2D eigenvalue weighted by Gasteiger charge is 2.27. The van der Waals surface area contributed by atoms with Crippen LogP contribution in [-0.2, 0) is 11.3 Å². The molecule has 3 heterocycles. The van der Waals surface area contributed by atoms with Crippen LogP contribution >= 0.6 is 11.3 Å². The van der Waals surface area contributed by atoms with Crippen LogP contribution in [0.25, 0.3) is 4.96 Å². The number of amides is 1. The lowest BCUT2D eigenvalue weighted by Gasteiger charge is -2.09. The number of hydrogen-bond donors (Lipinski definition) is 3. The van der Waals surface area contributed by atoms with Gasteiger partial charge in [0.2, 0.25) is 5.91 Å². The van der Waals surface area contributed by atoms with Crippen LogP contribution in [0.2, 0.25) is 0 Å². The van der Waals surface area contributed by atoms with E-state index in [4.69, 9.17) is 0 Å². The minimum absolute atomic E-state index is 0.0780. The Morgan fingerprint density at radius 3 is 3.10 bits per heavy atom. The Bertz CT molecular complexity index is 648. The van der Waals surface area contributed by atoms with E-state index in [-0.39, 0.29) is 11.9 Å². The number of fused-ring (bicyclic) bond motifs is 1. The van der Waals surface area contributed by atoms with E-state index in [1.807, 2.05) is 6.20 Å². The van der Waals surface area contributed by atoms with Crippen LogP contribution in [0.1, 0.15) is 22.7 Å². The molecule has 0 bridgehead atoms. The van der Waals surface area contributed by atoms with Crippen LogP contribution < -0.4 is 10.6 Å². The lowest BCUT2D eigenvalue weighted by Crippen LogP contribution is -2.40. The molecule has 1 aliphatic rings. The molecule has 2 aromatic rings. The van der Waals surface area contributed by atoms with Crippen molar-refractivity contribution in [2.45, 2.75) is 39.0 Å². The summed E-state index contributed by atoms with van der Waals surface area (Å²) in [6.45, 7) is 5.04. The minimum Gasteiger partial charge on any atom is -0.392 e. The van der Waals surface area contributed by atoms with Crippen molar-refractivity contribution in [1.29, 1.82) is 0 Å². The second kappa shape index (κ2) is 5.16. The molecule has 6 nitrogen and oxygen atoms in total. The zero-order valence-corrected chi connectivity index (χ0v) is 12.3. The fourth-order valence-electron chi connectivity index (χ4n) is 2.41. The molecule has 0 aromatic carbocycles. The quantitative estimate of drug-likeness (QED) is 0.763. The molecule has 1 amide bonds. The number of β-amino-alcohol motifs (C(OH)–C–C–N with tert-alkyl or cyclic N) is 1. The zero-order chi connectivity index (χ0) is 14.3. The van der Waals surface area contributed by atoms with Crippen LogP contribution in [0.3, 0.4) is 0 Å². The van der Waals surface area contributed by atoms with Gasteiger partial charge in [0, 0.05) is 23.3 Å². The number of imidazole rings is 1. The molecule has 3 rings (SSSR count). The first-order valence-electron chi connectivity index (χ1n) is 6.67. The molecule has 0 unspecified atom stereocenters. The molecular weight excluding hydrogens is 276 g/mol. The van der Waals surface area contributed by atoms with Crippen LogP contribution in [-0.4, -0.2) is 39.1 Å². The molecule has 108 valence electrons. The Morgan fingerprint density at radius 2 is 2.45 bits per heavy atom. The third kappa shape index (κ3) is 2.44. The van der Waals surface area contributed by atoms with Gasteiger partial charge in [-0.25, -0.2) is 4.98 Å². The van der Waals surface area contributed by atoms with Gasteiger partial charge in [-0.1, -0.05) is 0 Å². The van der Waals surface area contributed by atoms with Crippen molar-refractivity contribution in [3.05, 3.63) is 22.5 Å². The van der Waals surface area contributed by atoms with Gasteiger partial charge in [-0.3, -0.25) is 9.20 Å². The number of nitrogens with zero attached hydrogens (tertiary/aromatic N) is 2. The van der Waals surface area contributed by atoms with Crippen LogP contribution in [0.15, 0.2) is 6.20 Å². The SMILES string of the molecule is Cc1sc2nc(CNC(=O)[C@@H]3C[C@@H](O)CN3)cn2c1C. The third-order valence-electron chi connectivity index (χ3n) is 3.71. The van der Waals surface area contributed by atoms with E-state index in [1.165, 1.54) is 10.6 Å². The Labute approximate surface area is 120 Å². The standard InChI is InChI=1S/C13H18N4O2S/c1-7-8(2)20-13-16-9(6-17(7)13)4-15-12(19)11-3-10(18)5-14-11/h6,10-11,14,18H,3-5H2,1-2H3,(H,15,19)/t10-,11+/m1/s1. The predicted octanol–water partition coefficient (Wildman–Crippen LogP) is 0.352. The number of aliphatic hydroxyl groups excluding tert-OH is 1. The van der Waals surface area contributed by atoms with E-state index >= 15 is 0 Å². The number of rotatable bonds is 3. The molecule has 1 aliphatic heterocycles. The highest BCUT2D eigenvalue weighted by Crippen LogP contribution is 2.21. The Kier molecular flexibility index (Phi) is 3.49. The van der Waals surface area contributed by atoms with E-state index in [9.17, 15) is 9.90 Å². The summed E-state index contributed by atoms with van der Waals surface area (Å²) in [5.41, 5.74) is 2.04. The van der Waals surface area contributed by atoms with Crippen molar-refractivity contribution in [3.8, 4) is 0 Å². The molecular formula is C13H18N4O2S. The van der Waals surface area contributed by atoms with Crippen LogP contribution in [0.5, 0.6) is 0 Å². The van der Waals surface area contributed by atoms with Crippen LogP contribution in [0, 0.1) is 13.8 Å². The number of aromatic nitrogens is 2. The zero-order valence-electron chi connectivity index (χ0n) is 11.5. The fraction of sp³-hybridized carbons (Fsp3) is 0.538. The summed E-state index contributed by atoms with van der Waals surface area (Å²) >= 11 is 1.65. The van der Waals surface area contributed by atoms with Crippen molar-refractivity contribution in [2.24, 2.45) is 0 Å². The van der Waals surface area contributed by atoms with Crippen molar-refractivity contribution in [2.75, 3.05) is 6.54 Å². The maximum Gasteiger partial charge on any atom is 0.237 e. The predicted molar refractivity (Wildman–Crippen MR) is 76.8 cm³/mol. The summed E-state index contributed by atoms with van der Waals surface area (Å²) in [6.07, 6.45) is 2.02. The lowest BCUT2D eigenvalue weighted by atomic mass is 10.2. The Balaban J connectivity index is 1.63. The molecule has 1 saturated heterocycles. The summed E-state index contributed by atoms with van der Waals surface area (Å²) < 4.78 is 2.05. The van der Waals surface area contributed by atoms with Crippen LogP contribution in [0.4, 0.5) is 0 Å². The van der Waals surface area contributed by atoms with Gasteiger partial charge < -0.3 is 15.7 Å². The van der Waals surface area contributed by atoms with Gasteiger partial charge in [-0.2, -0.15) is 0 Å². The van der Waals surface area contributed by atoms with Gasteiger partial charge in [0.25, 0.3) is 0 Å². The molecule has 0 spiro atoms. The van der Waals surface area contributed by atoms with Crippen molar-refractivity contribution < 1.29 is 9.90 Å². The Hall–Kier alpha value is -1.44. The fourth-order valence-corrected chi connectivity index (χ4v) is 3.38. The molecule has 20 heavy (non-hydrogen) atoms. The number of carbonyl (C=O) groups excluding carboxylic acids is 1. The number of carbonyl (C=O) groups is 1. The number of aryl methyl sites for hydroxylation is 2. The van der Waals surface area contributed by atoms with Crippen molar-refractivity contribution >= 4 is 22.2 Å². The summed E-state index contributed by atoms with van der Waals surface area (Å²) in [6, 6.07) is -0.294. The summed E-state index contributed by atoms with van der Waals surface area (Å²) in [7, 11) is 0. The van der Waals surface area contributed by atoms with Gasteiger partial charge >= 0.3 is 0 Å². The molecule has 1 fully saturated rings. The molecule has 2 atom stereocenters. The molecule has 0 radical (unpaired) electrons. The number of nitrogens with one attached hydrogen (secondary N) is 2. The van der Waals surface area contributed by atoms with E-state index < -0.39 is 6.10 Å². The lowest BCUT2D eigenvalue weighted by molar-refractivity contribution is -0.123. The smallest absolute Gasteiger partial charge is 0.237 e. The first-order valence-corrected chi connectivity index (χ1v) is 7.49. The second-order valence-corrected chi connectivity index (χ2v) is 6.38. The maximum absolute atomic E-state index is 11.9. The van der Waals surface area contributed by atoms with Gasteiger partial charge in [0.05, 0.1) is 24.4 Å². The summed E-state index contributed by atoms with van der Waals surface area (Å²) in [4.78, 5) is 18.6. The molecule has 3 N–H and O–H groups in total. The van der Waals surface area contributed by atoms with Gasteiger partial charge in [-0.15, -0.1) is 11.3 Å². The van der Waals surface area contributed by atoms with Gasteiger partial charge in [0.15, 0.2) is 4.96 Å². The monoisotopic (exact) mass is 294 g/mol. The molecule has 0 saturated carbocycles. The number of thiazole rings is 1. The highest BCUT2D eigenvalue weighted by atomic mass is 32.1. The largest absolute Gasteiger partial charge is 0.392 e. The average Bonchev–Trinajstić information content (AvgIpc) is 3.06. The first-order chi connectivity index (χ1) is 9.54. The molecule has 0 aliphatic carbocycles. The minimum atomic E-state index is -0.422. The second-order valence-electron chi connectivity index (χ2n) is 5.20. The van der Waals surface area contributed by atoms with Crippen molar-refractivity contribution in [3.63, 3.8) is 0 Å². The molecule has 7 heteroatoms. The van der Waals surface area contributed by atoms with E-state index in [0.717, 1.165) is 10.7 Å². The van der Waals surface area contributed by atoms with Gasteiger partial charge in [-0.05, 0) is 20.3 Å². The summed E-state index contributed by atoms with van der Waals surface area (Å²) in [5, 5.41) is 15.3. The van der Waals surface area contributed by atoms with E-state index in [2.05, 4.69) is 33.9 Å². The average molecular weight is 294 g/mol. The maximum atomic E-state index is 11.9. The summed E-state index contributed by atoms with van der Waals surface area (Å²) in [5.74, 6) is -0.0780. The third-order valence-corrected chi connectivity index (χ3v) is 4.78. The van der Waals surface area contributed by atoms with E-state index in [0.29, 0.717) is 19.5 Å². The number of aliphatic hydroxyl groups is 1. The normalized spacial score (nSPS) is 22.6. The van der Waals surface area contributed by atoms with Gasteiger partial charge in [0.1, 0.15) is 0 Å². The van der Waals surface area contributed by atoms with Crippen molar-refractivity contribution in [1.82, 2.24) is 20.0 Å². The number of hydrogen-bond acceptors (Lipinski definition) is 5.